The summed E-state index contributed by atoms with van der Waals surface area (Å²) < 4.78 is 5.18. The molecule has 0 bridgehead atoms. The van der Waals surface area contributed by atoms with Crippen molar-refractivity contribution >= 4 is 28.3 Å². The van der Waals surface area contributed by atoms with E-state index in [0.29, 0.717) is 22.4 Å². The van der Waals surface area contributed by atoms with Crippen molar-refractivity contribution in [1.29, 1.82) is 0 Å². The first-order chi connectivity index (χ1) is 11.1. The van der Waals surface area contributed by atoms with Gasteiger partial charge in [-0.15, -0.1) is 0 Å². The van der Waals surface area contributed by atoms with Crippen molar-refractivity contribution in [3.8, 4) is 5.75 Å². The third-order valence-corrected chi connectivity index (χ3v) is 3.78. The lowest BCUT2D eigenvalue weighted by molar-refractivity contribution is -0.114. The summed E-state index contributed by atoms with van der Waals surface area (Å²) in [4.78, 5) is 29.4. The highest BCUT2D eigenvalue weighted by Crippen LogP contribution is 2.24. The largest absolute Gasteiger partial charge is 0.497 e. The van der Waals surface area contributed by atoms with E-state index >= 15 is 0 Å². The maximum Gasteiger partial charge on any atom is 0.299 e. The fourth-order valence-corrected chi connectivity index (χ4v) is 2.45. The molecule has 0 fully saturated rings. The van der Waals surface area contributed by atoms with Gasteiger partial charge in [0.1, 0.15) is 5.75 Å². The number of benzene rings is 2. The predicted molar refractivity (Wildman–Crippen MR) is 89.0 cm³/mol. The van der Waals surface area contributed by atoms with Crippen molar-refractivity contribution in [2.75, 3.05) is 19.1 Å². The standard InChI is InChI=1S/C18H16N2O3/c1-20(12-6-4-3-5-7-12)18(22)17(21)15-11-19-16-9-8-13(23-2)10-14(15)16/h3-11,19H,1-2H3. The van der Waals surface area contributed by atoms with Crippen molar-refractivity contribution in [3.63, 3.8) is 0 Å². The summed E-state index contributed by atoms with van der Waals surface area (Å²) in [6.07, 6.45) is 1.56. The van der Waals surface area contributed by atoms with Crippen LogP contribution in [0.25, 0.3) is 10.9 Å². The lowest BCUT2D eigenvalue weighted by Crippen LogP contribution is -2.33. The van der Waals surface area contributed by atoms with Crippen molar-refractivity contribution in [3.05, 3.63) is 60.3 Å². The number of carbonyl (C=O) groups is 2. The SMILES string of the molecule is COc1ccc2[nH]cc(C(=O)C(=O)N(C)c3ccccc3)c2c1. The van der Waals surface area contributed by atoms with Gasteiger partial charge in [-0.2, -0.15) is 0 Å². The highest BCUT2D eigenvalue weighted by atomic mass is 16.5. The second kappa shape index (κ2) is 5.96. The van der Waals surface area contributed by atoms with Gasteiger partial charge in [0.2, 0.25) is 0 Å². The third-order valence-electron chi connectivity index (χ3n) is 3.78. The molecular weight excluding hydrogens is 292 g/mol. The van der Waals surface area contributed by atoms with Gasteiger partial charge < -0.3 is 14.6 Å². The van der Waals surface area contributed by atoms with Gasteiger partial charge in [0.05, 0.1) is 12.7 Å². The van der Waals surface area contributed by atoms with Crippen LogP contribution in [-0.4, -0.2) is 30.8 Å². The number of ketones is 1. The Hall–Kier alpha value is -3.08. The number of nitrogens with zero attached hydrogens (tertiary/aromatic N) is 1. The van der Waals surface area contributed by atoms with Crippen molar-refractivity contribution in [1.82, 2.24) is 4.98 Å². The zero-order valence-corrected chi connectivity index (χ0v) is 12.9. The number of aromatic nitrogens is 1. The van der Waals surface area contributed by atoms with E-state index in [4.69, 9.17) is 4.74 Å². The smallest absolute Gasteiger partial charge is 0.299 e. The van der Waals surface area contributed by atoms with Crippen LogP contribution in [0.2, 0.25) is 0 Å². The fraction of sp³-hybridized carbons (Fsp3) is 0.111. The van der Waals surface area contributed by atoms with Gasteiger partial charge in [-0.1, -0.05) is 18.2 Å². The zero-order valence-electron chi connectivity index (χ0n) is 12.9. The molecular formula is C18H16N2O3. The second-order valence-corrected chi connectivity index (χ2v) is 5.14. The number of likely N-dealkylation sites (N-methyl/N-ethyl adjacent to an activating group) is 1. The fourth-order valence-electron chi connectivity index (χ4n) is 2.45. The van der Waals surface area contributed by atoms with Crippen LogP contribution >= 0.6 is 0 Å². The van der Waals surface area contributed by atoms with Gasteiger partial charge in [-0.25, -0.2) is 0 Å². The van der Waals surface area contributed by atoms with Crippen LogP contribution in [-0.2, 0) is 4.79 Å². The number of Topliss-reactive ketones (excluding diaryl/α,β-unsaturated/α-hetero) is 1. The van der Waals surface area contributed by atoms with Gasteiger partial charge in [-0.3, -0.25) is 9.59 Å². The number of fused-ring (bicyclic) bond motifs is 1. The number of hydrogen-bond acceptors (Lipinski definition) is 3. The molecule has 2 aromatic carbocycles. The molecule has 0 spiro atoms. The number of hydrogen-bond donors (Lipinski definition) is 1. The normalized spacial score (nSPS) is 10.5. The van der Waals surface area contributed by atoms with Crippen LogP contribution in [0.3, 0.4) is 0 Å². The topological polar surface area (TPSA) is 62.4 Å². The molecule has 5 heteroatoms. The van der Waals surface area contributed by atoms with Crippen molar-refractivity contribution in [2.45, 2.75) is 0 Å². The maximum absolute atomic E-state index is 12.6. The molecule has 0 aliphatic heterocycles. The zero-order chi connectivity index (χ0) is 16.4. The molecule has 0 atom stereocenters. The number of anilines is 1. The molecule has 1 N–H and O–H groups in total. The average Bonchev–Trinajstić information content (AvgIpc) is 3.03. The summed E-state index contributed by atoms with van der Waals surface area (Å²) in [5.41, 5.74) is 1.79. The Bertz CT molecular complexity index is 868. The lowest BCUT2D eigenvalue weighted by Gasteiger charge is -2.16. The highest BCUT2D eigenvalue weighted by Gasteiger charge is 2.24. The molecule has 0 radical (unpaired) electrons. The summed E-state index contributed by atoms with van der Waals surface area (Å²) in [6.45, 7) is 0. The highest BCUT2D eigenvalue weighted by molar-refractivity contribution is 6.48. The Kier molecular flexibility index (Phi) is 3.85. The van der Waals surface area contributed by atoms with Crippen LogP contribution in [0.1, 0.15) is 10.4 Å². The molecule has 0 saturated heterocycles. The van der Waals surface area contributed by atoms with E-state index in [1.165, 1.54) is 4.90 Å². The van der Waals surface area contributed by atoms with E-state index in [1.807, 2.05) is 24.3 Å². The van der Waals surface area contributed by atoms with E-state index in [1.54, 1.807) is 44.6 Å². The Morgan fingerprint density at radius 3 is 2.52 bits per heavy atom. The van der Waals surface area contributed by atoms with E-state index in [-0.39, 0.29) is 0 Å². The molecule has 1 heterocycles. The lowest BCUT2D eigenvalue weighted by atomic mass is 10.1. The molecule has 3 rings (SSSR count). The minimum Gasteiger partial charge on any atom is -0.497 e. The Morgan fingerprint density at radius 1 is 1.09 bits per heavy atom. The van der Waals surface area contributed by atoms with Gasteiger partial charge in [0.15, 0.2) is 0 Å². The molecule has 3 aromatic rings. The number of para-hydroxylation sites is 1. The number of aromatic amines is 1. The number of ether oxygens (including phenoxy) is 1. The van der Waals surface area contributed by atoms with Gasteiger partial charge in [-0.05, 0) is 30.3 Å². The Balaban J connectivity index is 1.95. The first kappa shape index (κ1) is 14.8. The van der Waals surface area contributed by atoms with Gasteiger partial charge in [0.25, 0.3) is 11.7 Å². The number of nitrogens with one attached hydrogen (secondary N) is 1. The van der Waals surface area contributed by atoms with Crippen LogP contribution in [0.15, 0.2) is 54.7 Å². The first-order valence-electron chi connectivity index (χ1n) is 7.14. The summed E-state index contributed by atoms with van der Waals surface area (Å²) in [7, 11) is 3.15. The molecule has 23 heavy (non-hydrogen) atoms. The molecule has 1 amide bonds. The van der Waals surface area contributed by atoms with Gasteiger partial charge >= 0.3 is 0 Å². The second-order valence-electron chi connectivity index (χ2n) is 5.14. The average molecular weight is 308 g/mol. The maximum atomic E-state index is 12.6. The number of methoxy groups -OCH3 is 1. The number of carbonyl (C=O) groups excluding carboxylic acids is 2. The molecule has 116 valence electrons. The minimum absolute atomic E-state index is 0.340. The number of H-pyrrole nitrogens is 1. The van der Waals surface area contributed by atoms with E-state index in [0.717, 1.165) is 5.52 Å². The van der Waals surface area contributed by atoms with Gasteiger partial charge in [0, 0.05) is 29.8 Å². The van der Waals surface area contributed by atoms with E-state index < -0.39 is 11.7 Å². The number of rotatable bonds is 4. The van der Waals surface area contributed by atoms with E-state index in [2.05, 4.69) is 4.98 Å². The first-order valence-corrected chi connectivity index (χ1v) is 7.14. The molecule has 0 aliphatic rings. The summed E-state index contributed by atoms with van der Waals surface area (Å²) in [5.74, 6) is -0.509. The molecule has 5 nitrogen and oxygen atoms in total. The van der Waals surface area contributed by atoms with E-state index in [9.17, 15) is 9.59 Å². The number of amides is 1. The molecule has 0 unspecified atom stereocenters. The van der Waals surface area contributed by atoms with Crippen LogP contribution < -0.4 is 9.64 Å². The quantitative estimate of drug-likeness (QED) is 0.595. The Morgan fingerprint density at radius 2 is 1.83 bits per heavy atom. The Labute approximate surface area is 133 Å². The third kappa shape index (κ3) is 2.68. The summed E-state index contributed by atoms with van der Waals surface area (Å²) >= 11 is 0. The monoisotopic (exact) mass is 308 g/mol. The molecule has 0 aliphatic carbocycles. The van der Waals surface area contributed by atoms with Crippen molar-refractivity contribution < 1.29 is 14.3 Å². The van der Waals surface area contributed by atoms with Crippen molar-refractivity contribution in [2.24, 2.45) is 0 Å². The van der Waals surface area contributed by atoms with Crippen LogP contribution in [0.5, 0.6) is 5.75 Å². The molecule has 1 aromatic heterocycles. The molecule has 0 saturated carbocycles. The predicted octanol–water partition coefficient (Wildman–Crippen LogP) is 3.02. The summed E-state index contributed by atoms with van der Waals surface area (Å²) in [6, 6.07) is 14.4. The summed E-state index contributed by atoms with van der Waals surface area (Å²) in [5, 5.41) is 0.671. The minimum atomic E-state index is -0.583. The van der Waals surface area contributed by atoms with Crippen LogP contribution in [0.4, 0.5) is 5.69 Å². The van der Waals surface area contributed by atoms with Crippen LogP contribution in [0, 0.1) is 0 Å².